The van der Waals surface area contributed by atoms with Crippen LogP contribution in [0.5, 0.6) is 0 Å². The number of carbonyl (C=O) groups excluding carboxylic acids is 1. The molecule has 0 fully saturated rings. The minimum atomic E-state index is -0.0239. The van der Waals surface area contributed by atoms with E-state index in [-0.39, 0.29) is 17.5 Å². The third-order valence-electron chi connectivity index (χ3n) is 4.35. The van der Waals surface area contributed by atoms with Gasteiger partial charge in [0, 0.05) is 12.8 Å². The second-order valence-corrected chi connectivity index (χ2v) is 6.01. The molecule has 0 heterocycles. The van der Waals surface area contributed by atoms with Gasteiger partial charge in [0.25, 0.3) is 0 Å². The van der Waals surface area contributed by atoms with E-state index < -0.39 is 0 Å². The molecule has 2 aromatic carbocycles. The molecule has 2 aromatic rings. The number of rotatable bonds is 4. The molecule has 0 saturated carbocycles. The molecule has 0 aliphatic heterocycles. The summed E-state index contributed by atoms with van der Waals surface area (Å²) in [5.74, 6) is 0.179. The number of carbonyl (C=O) groups is 1. The van der Waals surface area contributed by atoms with Crippen molar-refractivity contribution >= 4 is 17.2 Å². The Morgan fingerprint density at radius 3 is 2.25 bits per heavy atom. The van der Waals surface area contributed by atoms with Crippen molar-refractivity contribution in [1.82, 2.24) is 0 Å². The van der Waals surface area contributed by atoms with Crippen molar-refractivity contribution in [3.05, 3.63) is 77.6 Å². The number of Topliss-reactive ketones (excluding diaryl/α,β-unsaturated/α-hetero) is 1. The highest BCUT2D eigenvalue weighted by Crippen LogP contribution is 2.34. The smallest absolute Gasteiger partial charge is 0.168 e. The van der Waals surface area contributed by atoms with Crippen LogP contribution in [-0.4, -0.2) is 16.6 Å². The summed E-state index contributed by atoms with van der Waals surface area (Å²) in [5, 5.41) is 10.5. The van der Waals surface area contributed by atoms with Crippen LogP contribution < -0.4 is 0 Å². The molecule has 122 valence electrons. The predicted molar refractivity (Wildman–Crippen MR) is 96.9 cm³/mol. The van der Waals surface area contributed by atoms with E-state index in [2.05, 4.69) is 4.99 Å². The van der Waals surface area contributed by atoms with Gasteiger partial charge >= 0.3 is 0 Å². The van der Waals surface area contributed by atoms with Crippen LogP contribution in [-0.2, 0) is 4.79 Å². The predicted octanol–water partition coefficient (Wildman–Crippen LogP) is 5.13. The fraction of sp³-hybridized carbons (Fsp3) is 0.238. The highest BCUT2D eigenvalue weighted by molar-refractivity contribution is 6.23. The van der Waals surface area contributed by atoms with Gasteiger partial charge in [0.15, 0.2) is 5.78 Å². The lowest BCUT2D eigenvalue weighted by atomic mass is 9.81. The first-order valence-corrected chi connectivity index (χ1v) is 8.32. The number of aliphatic hydroxyl groups excluding tert-OH is 1. The van der Waals surface area contributed by atoms with Crippen molar-refractivity contribution < 1.29 is 9.90 Å². The molecule has 3 rings (SSSR count). The average Bonchev–Trinajstić information content (AvgIpc) is 2.61. The summed E-state index contributed by atoms with van der Waals surface area (Å²) < 4.78 is 0. The number of hydrogen-bond donors (Lipinski definition) is 1. The third kappa shape index (κ3) is 3.46. The fourth-order valence-electron chi connectivity index (χ4n) is 3.15. The van der Waals surface area contributed by atoms with Crippen LogP contribution in [0.2, 0.25) is 0 Å². The Kier molecular flexibility index (Phi) is 4.90. The van der Waals surface area contributed by atoms with Crippen LogP contribution in [0.25, 0.3) is 0 Å². The molecular formula is C21H21NO2. The SMILES string of the molecule is CCC(=Nc1ccccc1)C1=C(O)CC(c2ccccc2)CC1=O. The van der Waals surface area contributed by atoms with Crippen LogP contribution in [0.1, 0.15) is 37.7 Å². The second kappa shape index (κ2) is 7.26. The minimum Gasteiger partial charge on any atom is -0.511 e. The molecule has 0 radical (unpaired) electrons. The quantitative estimate of drug-likeness (QED) is 0.794. The summed E-state index contributed by atoms with van der Waals surface area (Å²) >= 11 is 0. The molecule has 1 aliphatic rings. The average molecular weight is 319 g/mol. The molecule has 3 nitrogen and oxygen atoms in total. The summed E-state index contributed by atoms with van der Waals surface area (Å²) in [5.41, 5.74) is 2.96. The fourth-order valence-corrected chi connectivity index (χ4v) is 3.15. The van der Waals surface area contributed by atoms with Crippen LogP contribution >= 0.6 is 0 Å². The van der Waals surface area contributed by atoms with Gasteiger partial charge in [-0.25, -0.2) is 0 Å². The molecule has 3 heteroatoms. The molecule has 1 unspecified atom stereocenters. The number of aliphatic imine (C=N–C) groups is 1. The van der Waals surface area contributed by atoms with E-state index in [0.29, 0.717) is 30.5 Å². The lowest BCUT2D eigenvalue weighted by molar-refractivity contribution is -0.116. The molecule has 0 amide bonds. The van der Waals surface area contributed by atoms with Gasteiger partial charge in [0.05, 0.1) is 17.0 Å². The summed E-state index contributed by atoms with van der Waals surface area (Å²) in [6, 6.07) is 19.4. The number of para-hydroxylation sites is 1. The number of ketones is 1. The zero-order valence-electron chi connectivity index (χ0n) is 13.8. The summed E-state index contributed by atoms with van der Waals surface area (Å²) in [6.07, 6.45) is 1.51. The molecule has 24 heavy (non-hydrogen) atoms. The number of nitrogens with zero attached hydrogens (tertiary/aromatic N) is 1. The van der Waals surface area contributed by atoms with Crippen LogP contribution in [0, 0.1) is 0 Å². The van der Waals surface area contributed by atoms with Gasteiger partial charge in [0.2, 0.25) is 0 Å². The maximum atomic E-state index is 12.7. The van der Waals surface area contributed by atoms with Crippen molar-refractivity contribution in [3.63, 3.8) is 0 Å². The second-order valence-electron chi connectivity index (χ2n) is 6.01. The van der Waals surface area contributed by atoms with Crippen molar-refractivity contribution in [3.8, 4) is 0 Å². The van der Waals surface area contributed by atoms with E-state index in [4.69, 9.17) is 0 Å². The van der Waals surface area contributed by atoms with Gasteiger partial charge in [-0.1, -0.05) is 55.5 Å². The van der Waals surface area contributed by atoms with Gasteiger partial charge in [-0.15, -0.1) is 0 Å². The molecule has 1 aliphatic carbocycles. The van der Waals surface area contributed by atoms with Crippen molar-refractivity contribution in [1.29, 1.82) is 0 Å². The molecule has 0 saturated heterocycles. The number of benzene rings is 2. The molecule has 0 spiro atoms. The number of hydrogen-bond acceptors (Lipinski definition) is 3. The molecule has 0 aromatic heterocycles. The van der Waals surface area contributed by atoms with E-state index in [1.807, 2.05) is 67.6 Å². The first kappa shape index (κ1) is 16.2. The number of aliphatic hydroxyl groups is 1. The summed E-state index contributed by atoms with van der Waals surface area (Å²) in [4.78, 5) is 17.3. The van der Waals surface area contributed by atoms with Crippen molar-refractivity contribution in [2.75, 3.05) is 0 Å². The maximum Gasteiger partial charge on any atom is 0.168 e. The Hall–Kier alpha value is -2.68. The topological polar surface area (TPSA) is 49.7 Å². The van der Waals surface area contributed by atoms with Crippen LogP contribution in [0.3, 0.4) is 0 Å². The van der Waals surface area contributed by atoms with Gasteiger partial charge in [0.1, 0.15) is 5.76 Å². The molecule has 1 atom stereocenters. The van der Waals surface area contributed by atoms with Gasteiger partial charge in [-0.2, -0.15) is 0 Å². The molecule has 0 bridgehead atoms. The Balaban J connectivity index is 1.92. The van der Waals surface area contributed by atoms with Gasteiger partial charge in [-0.3, -0.25) is 9.79 Å². The molecular weight excluding hydrogens is 298 g/mol. The van der Waals surface area contributed by atoms with Crippen molar-refractivity contribution in [2.24, 2.45) is 4.99 Å². The monoisotopic (exact) mass is 319 g/mol. The summed E-state index contributed by atoms with van der Waals surface area (Å²) in [6.45, 7) is 1.96. The lowest BCUT2D eigenvalue weighted by Gasteiger charge is -2.24. The standard InChI is InChI=1S/C21H21NO2/c1-2-18(22-17-11-7-4-8-12-17)21-19(23)13-16(14-20(21)24)15-9-5-3-6-10-15/h3-12,16,23H,2,13-14H2,1H3. The minimum absolute atomic E-state index is 0.0239. The zero-order chi connectivity index (χ0) is 16.9. The van der Waals surface area contributed by atoms with E-state index >= 15 is 0 Å². The van der Waals surface area contributed by atoms with Crippen LogP contribution in [0.4, 0.5) is 5.69 Å². The molecule has 1 N–H and O–H groups in total. The summed E-state index contributed by atoms with van der Waals surface area (Å²) in [7, 11) is 0. The maximum absolute atomic E-state index is 12.7. The largest absolute Gasteiger partial charge is 0.511 e. The first-order valence-electron chi connectivity index (χ1n) is 8.32. The van der Waals surface area contributed by atoms with Gasteiger partial charge in [-0.05, 0) is 30.0 Å². The van der Waals surface area contributed by atoms with E-state index in [9.17, 15) is 9.90 Å². The normalized spacial score (nSPS) is 18.8. The van der Waals surface area contributed by atoms with E-state index in [0.717, 1.165) is 11.3 Å². The van der Waals surface area contributed by atoms with Crippen LogP contribution in [0.15, 0.2) is 77.0 Å². The Morgan fingerprint density at radius 2 is 1.67 bits per heavy atom. The third-order valence-corrected chi connectivity index (χ3v) is 4.35. The zero-order valence-corrected chi connectivity index (χ0v) is 13.8. The Morgan fingerprint density at radius 1 is 1.04 bits per heavy atom. The Labute approximate surface area is 142 Å². The Bertz CT molecular complexity index is 776. The van der Waals surface area contributed by atoms with Gasteiger partial charge < -0.3 is 5.11 Å². The first-order chi connectivity index (χ1) is 11.7. The van der Waals surface area contributed by atoms with E-state index in [1.54, 1.807) is 0 Å². The van der Waals surface area contributed by atoms with E-state index in [1.165, 1.54) is 0 Å². The van der Waals surface area contributed by atoms with Crippen molar-refractivity contribution in [2.45, 2.75) is 32.1 Å². The highest BCUT2D eigenvalue weighted by Gasteiger charge is 2.30. The lowest BCUT2D eigenvalue weighted by Crippen LogP contribution is -2.23. The highest BCUT2D eigenvalue weighted by atomic mass is 16.3. The number of allylic oxidation sites excluding steroid dienone is 2.